The molecule has 0 bridgehead atoms. The fourth-order valence-electron chi connectivity index (χ4n) is 1.81. The molecule has 0 atom stereocenters. The van der Waals surface area contributed by atoms with E-state index in [4.69, 9.17) is 16.9 Å². The molecular formula is C14H11ClN2O2. The van der Waals surface area contributed by atoms with Crippen molar-refractivity contribution >= 4 is 11.6 Å². The van der Waals surface area contributed by atoms with Gasteiger partial charge < -0.3 is 5.11 Å². The number of aryl methyl sites for hydroxylation is 1. The van der Waals surface area contributed by atoms with Crippen molar-refractivity contribution in [1.82, 2.24) is 4.57 Å². The monoisotopic (exact) mass is 274 g/mol. The SMILES string of the molecule is Cc1cc(=O)n(Cc2ccc(Cl)cc2)c(O)c1C#N. The number of benzene rings is 1. The average Bonchev–Trinajstić information content (AvgIpc) is 2.37. The Morgan fingerprint density at radius 3 is 2.58 bits per heavy atom. The molecule has 0 aliphatic rings. The van der Waals surface area contributed by atoms with E-state index in [2.05, 4.69) is 0 Å². The number of hydrogen-bond acceptors (Lipinski definition) is 3. The minimum absolute atomic E-state index is 0.119. The maximum absolute atomic E-state index is 11.9. The quantitative estimate of drug-likeness (QED) is 0.915. The number of aromatic hydroxyl groups is 1. The minimum atomic E-state index is -0.344. The van der Waals surface area contributed by atoms with Gasteiger partial charge in [0.2, 0.25) is 5.88 Å². The molecule has 0 aliphatic heterocycles. The van der Waals surface area contributed by atoms with E-state index in [0.29, 0.717) is 10.6 Å². The van der Waals surface area contributed by atoms with Crippen LogP contribution in [0, 0.1) is 18.3 Å². The van der Waals surface area contributed by atoms with Crippen molar-refractivity contribution in [3.63, 3.8) is 0 Å². The largest absolute Gasteiger partial charge is 0.493 e. The molecule has 0 radical (unpaired) electrons. The molecule has 1 N–H and O–H groups in total. The summed E-state index contributed by atoms with van der Waals surface area (Å²) >= 11 is 5.78. The van der Waals surface area contributed by atoms with Gasteiger partial charge in [0.25, 0.3) is 5.56 Å². The van der Waals surface area contributed by atoms with Gasteiger partial charge in [-0.25, -0.2) is 0 Å². The third-order valence-corrected chi connectivity index (χ3v) is 3.10. The van der Waals surface area contributed by atoms with Crippen LogP contribution in [-0.4, -0.2) is 9.67 Å². The molecule has 19 heavy (non-hydrogen) atoms. The van der Waals surface area contributed by atoms with E-state index in [-0.39, 0.29) is 23.5 Å². The fraction of sp³-hybridized carbons (Fsp3) is 0.143. The molecule has 4 nitrogen and oxygen atoms in total. The second-order valence-corrected chi connectivity index (χ2v) is 4.63. The molecule has 5 heteroatoms. The van der Waals surface area contributed by atoms with Crippen LogP contribution in [0.15, 0.2) is 35.1 Å². The summed E-state index contributed by atoms with van der Waals surface area (Å²) in [5.74, 6) is -0.303. The smallest absolute Gasteiger partial charge is 0.253 e. The molecule has 96 valence electrons. The lowest BCUT2D eigenvalue weighted by Gasteiger charge is -2.11. The lowest BCUT2D eigenvalue weighted by molar-refractivity contribution is 0.412. The normalized spacial score (nSPS) is 10.2. The third-order valence-electron chi connectivity index (χ3n) is 2.85. The van der Waals surface area contributed by atoms with Crippen molar-refractivity contribution in [3.8, 4) is 11.9 Å². The predicted octanol–water partition coefficient (Wildman–Crippen LogP) is 2.44. The average molecular weight is 275 g/mol. The zero-order chi connectivity index (χ0) is 14.0. The number of nitrogens with zero attached hydrogens (tertiary/aromatic N) is 2. The van der Waals surface area contributed by atoms with Gasteiger partial charge in [0, 0.05) is 11.1 Å². The molecule has 0 saturated carbocycles. The van der Waals surface area contributed by atoms with Crippen LogP contribution in [0.3, 0.4) is 0 Å². The Hall–Kier alpha value is -2.25. The molecule has 1 heterocycles. The van der Waals surface area contributed by atoms with Crippen molar-refractivity contribution in [2.45, 2.75) is 13.5 Å². The van der Waals surface area contributed by atoms with Crippen LogP contribution in [-0.2, 0) is 6.54 Å². The van der Waals surface area contributed by atoms with Crippen LogP contribution in [0.25, 0.3) is 0 Å². The van der Waals surface area contributed by atoms with E-state index in [9.17, 15) is 9.90 Å². The number of rotatable bonds is 2. The first-order valence-electron chi connectivity index (χ1n) is 5.61. The minimum Gasteiger partial charge on any atom is -0.493 e. The van der Waals surface area contributed by atoms with Gasteiger partial charge in [0.1, 0.15) is 11.6 Å². The van der Waals surface area contributed by atoms with Crippen LogP contribution in [0.2, 0.25) is 5.02 Å². The lowest BCUT2D eigenvalue weighted by Crippen LogP contribution is -2.21. The summed E-state index contributed by atoms with van der Waals surface area (Å²) in [5, 5.41) is 19.6. The van der Waals surface area contributed by atoms with Crippen molar-refractivity contribution < 1.29 is 5.11 Å². The van der Waals surface area contributed by atoms with Crippen LogP contribution in [0.4, 0.5) is 0 Å². The Kier molecular flexibility index (Phi) is 3.59. The predicted molar refractivity (Wildman–Crippen MR) is 72.4 cm³/mol. The third kappa shape index (κ3) is 2.61. The van der Waals surface area contributed by atoms with E-state index in [1.165, 1.54) is 6.07 Å². The molecule has 2 aromatic rings. The van der Waals surface area contributed by atoms with Crippen molar-refractivity contribution in [2.75, 3.05) is 0 Å². The second kappa shape index (κ2) is 5.17. The van der Waals surface area contributed by atoms with Gasteiger partial charge in [0.05, 0.1) is 6.54 Å². The van der Waals surface area contributed by atoms with E-state index in [1.807, 2.05) is 6.07 Å². The molecule has 0 saturated heterocycles. The summed E-state index contributed by atoms with van der Waals surface area (Å²) < 4.78 is 1.16. The van der Waals surface area contributed by atoms with E-state index in [1.54, 1.807) is 31.2 Å². The summed E-state index contributed by atoms with van der Waals surface area (Å²) in [5.41, 5.74) is 1.06. The summed E-state index contributed by atoms with van der Waals surface area (Å²) in [6, 6.07) is 10.2. The van der Waals surface area contributed by atoms with Crippen LogP contribution < -0.4 is 5.56 Å². The van der Waals surface area contributed by atoms with Crippen molar-refractivity contribution in [1.29, 1.82) is 5.26 Å². The molecule has 2 rings (SSSR count). The van der Waals surface area contributed by atoms with Gasteiger partial charge in [-0.3, -0.25) is 9.36 Å². The summed E-state index contributed by atoms with van der Waals surface area (Å²) in [4.78, 5) is 11.9. The summed E-state index contributed by atoms with van der Waals surface area (Å²) in [7, 11) is 0. The Balaban J connectivity index is 2.49. The molecule has 0 fully saturated rings. The Labute approximate surface area is 115 Å². The van der Waals surface area contributed by atoms with E-state index < -0.39 is 0 Å². The summed E-state index contributed by atoms with van der Waals surface area (Å²) in [6.07, 6.45) is 0. The maximum Gasteiger partial charge on any atom is 0.253 e. The Bertz CT molecular complexity index is 712. The number of pyridine rings is 1. The van der Waals surface area contributed by atoms with Crippen LogP contribution in [0.1, 0.15) is 16.7 Å². The standard InChI is InChI=1S/C14H11ClN2O2/c1-9-6-13(18)17(14(19)12(9)7-16)8-10-2-4-11(15)5-3-10/h2-6,19H,8H2,1H3. The molecule has 0 aliphatic carbocycles. The Morgan fingerprint density at radius 1 is 1.37 bits per heavy atom. The number of nitriles is 1. The van der Waals surface area contributed by atoms with Gasteiger partial charge >= 0.3 is 0 Å². The first-order valence-corrected chi connectivity index (χ1v) is 5.98. The highest BCUT2D eigenvalue weighted by Gasteiger charge is 2.12. The summed E-state index contributed by atoms with van der Waals surface area (Å²) in [6.45, 7) is 1.81. The zero-order valence-corrected chi connectivity index (χ0v) is 11.0. The van der Waals surface area contributed by atoms with Crippen LogP contribution in [0.5, 0.6) is 5.88 Å². The van der Waals surface area contributed by atoms with Crippen molar-refractivity contribution in [2.24, 2.45) is 0 Å². The molecule has 0 amide bonds. The highest BCUT2D eigenvalue weighted by molar-refractivity contribution is 6.30. The second-order valence-electron chi connectivity index (χ2n) is 4.19. The highest BCUT2D eigenvalue weighted by atomic mass is 35.5. The lowest BCUT2D eigenvalue weighted by atomic mass is 10.1. The molecule has 1 aromatic heterocycles. The Morgan fingerprint density at radius 2 is 2.00 bits per heavy atom. The number of hydrogen-bond donors (Lipinski definition) is 1. The maximum atomic E-state index is 11.9. The topological polar surface area (TPSA) is 66.0 Å². The van der Waals surface area contributed by atoms with Gasteiger partial charge in [-0.2, -0.15) is 5.26 Å². The van der Waals surface area contributed by atoms with Gasteiger partial charge in [0.15, 0.2) is 0 Å². The highest BCUT2D eigenvalue weighted by Crippen LogP contribution is 2.19. The van der Waals surface area contributed by atoms with Gasteiger partial charge in [-0.15, -0.1) is 0 Å². The molecule has 0 unspecified atom stereocenters. The first kappa shape index (κ1) is 13.2. The molecular weight excluding hydrogens is 264 g/mol. The first-order chi connectivity index (χ1) is 9.02. The van der Waals surface area contributed by atoms with Crippen molar-refractivity contribution in [3.05, 3.63) is 62.4 Å². The van der Waals surface area contributed by atoms with E-state index >= 15 is 0 Å². The van der Waals surface area contributed by atoms with Crippen LogP contribution >= 0.6 is 11.6 Å². The van der Waals surface area contributed by atoms with Gasteiger partial charge in [-0.1, -0.05) is 23.7 Å². The fourth-order valence-corrected chi connectivity index (χ4v) is 1.94. The molecule has 1 aromatic carbocycles. The number of aromatic nitrogens is 1. The zero-order valence-electron chi connectivity index (χ0n) is 10.2. The van der Waals surface area contributed by atoms with Gasteiger partial charge in [-0.05, 0) is 30.2 Å². The number of halogens is 1. The van der Waals surface area contributed by atoms with E-state index in [0.717, 1.165) is 10.1 Å². The molecule has 0 spiro atoms.